The monoisotopic (exact) mass is 238 g/mol. The van der Waals surface area contributed by atoms with Gasteiger partial charge in [0, 0.05) is 0 Å². The molecule has 0 unspecified atom stereocenters. The molecule has 0 aliphatic rings. The van der Waals surface area contributed by atoms with Crippen molar-refractivity contribution in [2.75, 3.05) is 19.7 Å². The van der Waals surface area contributed by atoms with Gasteiger partial charge in [0.2, 0.25) is 0 Å². The van der Waals surface area contributed by atoms with E-state index in [0.717, 1.165) is 18.4 Å². The Hall–Kier alpha value is -1.26. The zero-order chi connectivity index (χ0) is 12.7. The molecule has 0 heterocycles. The van der Waals surface area contributed by atoms with E-state index in [1.54, 1.807) is 6.07 Å². The number of benzene rings is 1. The molecule has 96 valence electrons. The van der Waals surface area contributed by atoms with Gasteiger partial charge in [0.25, 0.3) is 0 Å². The van der Waals surface area contributed by atoms with Gasteiger partial charge in [-0.15, -0.1) is 0 Å². The van der Waals surface area contributed by atoms with Crippen molar-refractivity contribution in [3.63, 3.8) is 0 Å². The number of hydrogen-bond donors (Lipinski definition) is 3. The zero-order valence-corrected chi connectivity index (χ0v) is 10.4. The molecule has 4 heteroatoms. The molecule has 0 spiro atoms. The summed E-state index contributed by atoms with van der Waals surface area (Å²) in [4.78, 5) is 0. The highest BCUT2D eigenvalue weighted by molar-refractivity contribution is 5.45. The third-order valence-electron chi connectivity index (χ3n) is 2.87. The molecular weight excluding hydrogens is 216 g/mol. The third kappa shape index (κ3) is 3.91. The van der Waals surface area contributed by atoms with E-state index in [0.29, 0.717) is 31.4 Å². The average Bonchev–Trinajstić information content (AvgIpc) is 2.35. The zero-order valence-electron chi connectivity index (χ0n) is 10.4. The fourth-order valence-corrected chi connectivity index (χ4v) is 1.73. The van der Waals surface area contributed by atoms with E-state index in [2.05, 4.69) is 0 Å². The minimum absolute atomic E-state index is 0.238. The molecule has 0 atom stereocenters. The van der Waals surface area contributed by atoms with Crippen LogP contribution in [0.1, 0.15) is 18.9 Å². The van der Waals surface area contributed by atoms with Gasteiger partial charge in [0.05, 0.1) is 6.61 Å². The molecule has 0 aliphatic carbocycles. The Labute approximate surface area is 103 Å². The van der Waals surface area contributed by atoms with E-state index >= 15 is 0 Å². The van der Waals surface area contributed by atoms with Crippen LogP contribution in [0, 0.1) is 5.92 Å². The molecule has 0 bridgehead atoms. The Kier molecular flexibility index (Phi) is 5.80. The molecule has 0 aromatic heterocycles. The standard InChI is InChI=1S/C13H22N2O2/c1-2-17-12-5-3-4-11(13(12)16)7-6-10(8-14)9-15/h3-5,10,16H,2,6-9,14-15H2,1H3. The summed E-state index contributed by atoms with van der Waals surface area (Å²) < 4.78 is 5.34. The Bertz CT molecular complexity index is 338. The van der Waals surface area contributed by atoms with Crippen molar-refractivity contribution in [3.05, 3.63) is 23.8 Å². The van der Waals surface area contributed by atoms with Crippen molar-refractivity contribution in [2.45, 2.75) is 19.8 Å². The van der Waals surface area contributed by atoms with Crippen LogP contribution >= 0.6 is 0 Å². The second-order valence-electron chi connectivity index (χ2n) is 4.07. The van der Waals surface area contributed by atoms with Crippen LogP contribution < -0.4 is 16.2 Å². The number of aromatic hydroxyl groups is 1. The summed E-state index contributed by atoms with van der Waals surface area (Å²) in [5.74, 6) is 1.09. The second-order valence-corrected chi connectivity index (χ2v) is 4.07. The molecule has 1 rings (SSSR count). The first-order valence-corrected chi connectivity index (χ1v) is 6.06. The minimum atomic E-state index is 0.238. The Morgan fingerprint density at radius 2 is 2.00 bits per heavy atom. The molecule has 1 aromatic rings. The SMILES string of the molecule is CCOc1cccc(CCC(CN)CN)c1O. The first-order chi connectivity index (χ1) is 8.22. The smallest absolute Gasteiger partial charge is 0.161 e. The normalized spacial score (nSPS) is 10.8. The maximum Gasteiger partial charge on any atom is 0.161 e. The predicted molar refractivity (Wildman–Crippen MR) is 69.2 cm³/mol. The van der Waals surface area contributed by atoms with Crippen LogP contribution in [-0.4, -0.2) is 24.8 Å². The largest absolute Gasteiger partial charge is 0.504 e. The predicted octanol–water partition coefficient (Wildman–Crippen LogP) is 1.26. The van der Waals surface area contributed by atoms with Crippen LogP contribution in [0.3, 0.4) is 0 Å². The summed E-state index contributed by atoms with van der Waals surface area (Å²) in [5, 5.41) is 9.99. The van der Waals surface area contributed by atoms with Crippen LogP contribution in [0.2, 0.25) is 0 Å². The van der Waals surface area contributed by atoms with Crippen molar-refractivity contribution < 1.29 is 9.84 Å². The Balaban J connectivity index is 2.67. The van der Waals surface area contributed by atoms with Gasteiger partial charge in [0.1, 0.15) is 0 Å². The topological polar surface area (TPSA) is 81.5 Å². The van der Waals surface area contributed by atoms with Crippen LogP contribution in [0.15, 0.2) is 18.2 Å². The van der Waals surface area contributed by atoms with Crippen molar-refractivity contribution in [2.24, 2.45) is 17.4 Å². The molecule has 4 nitrogen and oxygen atoms in total. The molecule has 0 fully saturated rings. The molecule has 0 saturated heterocycles. The lowest BCUT2D eigenvalue weighted by Crippen LogP contribution is -2.23. The van der Waals surface area contributed by atoms with Gasteiger partial charge < -0.3 is 21.3 Å². The van der Waals surface area contributed by atoms with Gasteiger partial charge in [0.15, 0.2) is 11.5 Å². The number of ether oxygens (including phenoxy) is 1. The van der Waals surface area contributed by atoms with Gasteiger partial charge in [-0.05, 0) is 50.4 Å². The Morgan fingerprint density at radius 1 is 1.29 bits per heavy atom. The quantitative estimate of drug-likeness (QED) is 0.668. The van der Waals surface area contributed by atoms with Gasteiger partial charge in [-0.25, -0.2) is 0 Å². The molecule has 0 radical (unpaired) electrons. The summed E-state index contributed by atoms with van der Waals surface area (Å²) in [7, 11) is 0. The van der Waals surface area contributed by atoms with Crippen molar-refractivity contribution >= 4 is 0 Å². The molecule has 0 aliphatic heterocycles. The van der Waals surface area contributed by atoms with Gasteiger partial charge in [-0.2, -0.15) is 0 Å². The number of hydrogen-bond acceptors (Lipinski definition) is 4. The first kappa shape index (κ1) is 13.8. The van der Waals surface area contributed by atoms with E-state index in [-0.39, 0.29) is 5.75 Å². The van der Waals surface area contributed by atoms with Crippen molar-refractivity contribution in [1.82, 2.24) is 0 Å². The number of phenols is 1. The average molecular weight is 238 g/mol. The van der Waals surface area contributed by atoms with E-state index in [1.807, 2.05) is 19.1 Å². The molecule has 17 heavy (non-hydrogen) atoms. The van der Waals surface area contributed by atoms with E-state index < -0.39 is 0 Å². The lowest BCUT2D eigenvalue weighted by molar-refractivity contribution is 0.316. The lowest BCUT2D eigenvalue weighted by Gasteiger charge is -2.13. The number of nitrogens with two attached hydrogens (primary N) is 2. The summed E-state index contributed by atoms with van der Waals surface area (Å²) in [6.07, 6.45) is 1.65. The number of para-hydroxylation sites is 1. The van der Waals surface area contributed by atoms with E-state index in [9.17, 15) is 5.11 Å². The highest BCUT2D eigenvalue weighted by atomic mass is 16.5. The maximum absolute atomic E-state index is 9.99. The molecule has 0 amide bonds. The van der Waals surface area contributed by atoms with E-state index in [1.165, 1.54) is 0 Å². The maximum atomic E-state index is 9.99. The second kappa shape index (κ2) is 7.14. The molecule has 1 aromatic carbocycles. The minimum Gasteiger partial charge on any atom is -0.504 e. The summed E-state index contributed by atoms with van der Waals surface area (Å²) in [5.41, 5.74) is 12.1. The number of phenolic OH excluding ortho intramolecular Hbond substituents is 1. The van der Waals surface area contributed by atoms with E-state index in [4.69, 9.17) is 16.2 Å². The third-order valence-corrected chi connectivity index (χ3v) is 2.87. The molecule has 0 saturated carbocycles. The van der Waals surface area contributed by atoms with Gasteiger partial charge in [-0.3, -0.25) is 0 Å². The van der Waals surface area contributed by atoms with Crippen LogP contribution in [0.25, 0.3) is 0 Å². The molecular formula is C13H22N2O2. The van der Waals surface area contributed by atoms with Crippen LogP contribution in [0.4, 0.5) is 0 Å². The van der Waals surface area contributed by atoms with Gasteiger partial charge in [-0.1, -0.05) is 12.1 Å². The van der Waals surface area contributed by atoms with Crippen molar-refractivity contribution in [1.29, 1.82) is 0 Å². The molecule has 5 N–H and O–H groups in total. The fourth-order valence-electron chi connectivity index (χ4n) is 1.73. The van der Waals surface area contributed by atoms with Crippen molar-refractivity contribution in [3.8, 4) is 11.5 Å². The first-order valence-electron chi connectivity index (χ1n) is 6.06. The fraction of sp³-hybridized carbons (Fsp3) is 0.538. The summed E-state index contributed by atoms with van der Waals surface area (Å²) in [6, 6.07) is 5.56. The summed E-state index contributed by atoms with van der Waals surface area (Å²) in [6.45, 7) is 3.61. The highest BCUT2D eigenvalue weighted by Crippen LogP contribution is 2.30. The Morgan fingerprint density at radius 3 is 2.59 bits per heavy atom. The lowest BCUT2D eigenvalue weighted by atomic mass is 9.99. The van der Waals surface area contributed by atoms with Crippen LogP contribution in [0.5, 0.6) is 11.5 Å². The number of rotatable bonds is 7. The number of aryl methyl sites for hydroxylation is 1. The highest BCUT2D eigenvalue weighted by Gasteiger charge is 2.10. The van der Waals surface area contributed by atoms with Crippen LogP contribution in [-0.2, 0) is 6.42 Å². The van der Waals surface area contributed by atoms with Gasteiger partial charge >= 0.3 is 0 Å². The summed E-state index contributed by atoms with van der Waals surface area (Å²) >= 11 is 0.